The molecule has 0 bridgehead atoms. The summed E-state index contributed by atoms with van der Waals surface area (Å²) < 4.78 is 5.18. The topological polar surface area (TPSA) is 51.2 Å². The molecule has 1 unspecified atom stereocenters. The highest BCUT2D eigenvalue weighted by Gasteiger charge is 2.18. The fraction of sp³-hybridized carbons (Fsp3) is 0.571. The molecule has 1 aromatic heterocycles. The van der Waals surface area contributed by atoms with Crippen LogP contribution in [-0.2, 0) is 9.53 Å². The summed E-state index contributed by atoms with van der Waals surface area (Å²) in [6, 6.07) is 3.88. The molecule has 18 heavy (non-hydrogen) atoms. The van der Waals surface area contributed by atoms with Crippen LogP contribution in [0.15, 0.2) is 24.5 Å². The van der Waals surface area contributed by atoms with Gasteiger partial charge >= 0.3 is 0 Å². The number of carbonyl (C=O) groups excluding carboxylic acids is 1. The molecule has 1 heterocycles. The minimum atomic E-state index is 0.00725. The number of nitrogens with one attached hydrogen (secondary N) is 1. The minimum absolute atomic E-state index is 0.00725. The first kappa shape index (κ1) is 14.6. The zero-order chi connectivity index (χ0) is 13.4. The van der Waals surface area contributed by atoms with Crippen LogP contribution in [0, 0.1) is 5.92 Å². The third-order valence-electron chi connectivity index (χ3n) is 2.70. The maximum Gasteiger partial charge on any atom is 0.222 e. The number of rotatable bonds is 7. The summed E-state index contributed by atoms with van der Waals surface area (Å²) in [5.74, 6) is 0.344. The van der Waals surface area contributed by atoms with Gasteiger partial charge in [0.2, 0.25) is 5.91 Å². The van der Waals surface area contributed by atoms with E-state index in [1.54, 1.807) is 12.4 Å². The van der Waals surface area contributed by atoms with E-state index in [4.69, 9.17) is 4.74 Å². The van der Waals surface area contributed by atoms with Crippen LogP contribution in [-0.4, -0.2) is 24.1 Å². The van der Waals surface area contributed by atoms with Gasteiger partial charge in [0.25, 0.3) is 0 Å². The SMILES string of the molecule is CCOCCC(=O)NC(c1cccnc1)C(C)C. The van der Waals surface area contributed by atoms with Crippen LogP contribution in [0.4, 0.5) is 0 Å². The van der Waals surface area contributed by atoms with Gasteiger partial charge in [0.1, 0.15) is 0 Å². The van der Waals surface area contributed by atoms with E-state index in [1.165, 1.54) is 0 Å². The zero-order valence-corrected chi connectivity index (χ0v) is 11.3. The quantitative estimate of drug-likeness (QED) is 0.756. The number of hydrogen-bond donors (Lipinski definition) is 1. The summed E-state index contributed by atoms with van der Waals surface area (Å²) in [6.45, 7) is 7.20. The summed E-state index contributed by atoms with van der Waals surface area (Å²) in [7, 11) is 0. The summed E-state index contributed by atoms with van der Waals surface area (Å²) in [5, 5.41) is 3.03. The molecule has 0 saturated carbocycles. The summed E-state index contributed by atoms with van der Waals surface area (Å²) >= 11 is 0. The Bertz CT molecular complexity index is 352. The molecule has 4 heteroatoms. The van der Waals surface area contributed by atoms with Crippen molar-refractivity contribution in [3.05, 3.63) is 30.1 Å². The molecular formula is C14H22N2O2. The Kier molecular flexibility index (Phi) is 6.36. The second-order valence-corrected chi connectivity index (χ2v) is 4.52. The van der Waals surface area contributed by atoms with Crippen molar-refractivity contribution in [1.82, 2.24) is 10.3 Å². The van der Waals surface area contributed by atoms with E-state index in [-0.39, 0.29) is 11.9 Å². The molecule has 1 atom stereocenters. The highest BCUT2D eigenvalue weighted by molar-refractivity contribution is 5.76. The van der Waals surface area contributed by atoms with E-state index in [2.05, 4.69) is 24.1 Å². The van der Waals surface area contributed by atoms with Crippen LogP contribution >= 0.6 is 0 Å². The standard InChI is InChI=1S/C14H22N2O2/c1-4-18-9-7-13(17)16-14(11(2)3)12-6-5-8-15-10-12/h5-6,8,10-11,14H,4,7,9H2,1-3H3,(H,16,17). The Hall–Kier alpha value is -1.42. The lowest BCUT2D eigenvalue weighted by molar-refractivity contribution is -0.123. The highest BCUT2D eigenvalue weighted by Crippen LogP contribution is 2.20. The van der Waals surface area contributed by atoms with E-state index in [9.17, 15) is 4.79 Å². The molecule has 1 rings (SSSR count). The third-order valence-corrected chi connectivity index (χ3v) is 2.70. The average Bonchev–Trinajstić information content (AvgIpc) is 2.37. The van der Waals surface area contributed by atoms with E-state index in [1.807, 2.05) is 19.1 Å². The monoisotopic (exact) mass is 250 g/mol. The first-order chi connectivity index (χ1) is 8.65. The molecule has 0 aliphatic rings. The van der Waals surface area contributed by atoms with Crippen molar-refractivity contribution in [1.29, 1.82) is 0 Å². The average molecular weight is 250 g/mol. The van der Waals surface area contributed by atoms with Gasteiger partial charge in [-0.1, -0.05) is 19.9 Å². The Morgan fingerprint density at radius 2 is 2.28 bits per heavy atom. The minimum Gasteiger partial charge on any atom is -0.381 e. The van der Waals surface area contributed by atoms with E-state index in [0.717, 1.165) is 5.56 Å². The van der Waals surface area contributed by atoms with Gasteiger partial charge in [0, 0.05) is 25.4 Å². The number of amides is 1. The van der Waals surface area contributed by atoms with Crippen LogP contribution < -0.4 is 5.32 Å². The van der Waals surface area contributed by atoms with Crippen molar-refractivity contribution in [2.45, 2.75) is 33.2 Å². The van der Waals surface area contributed by atoms with Crippen LogP contribution in [0.5, 0.6) is 0 Å². The van der Waals surface area contributed by atoms with Crippen molar-refractivity contribution in [2.24, 2.45) is 5.92 Å². The fourth-order valence-corrected chi connectivity index (χ4v) is 1.75. The lowest BCUT2D eigenvalue weighted by Gasteiger charge is -2.22. The molecule has 0 aliphatic carbocycles. The Morgan fingerprint density at radius 3 is 2.83 bits per heavy atom. The first-order valence-corrected chi connectivity index (χ1v) is 6.42. The van der Waals surface area contributed by atoms with Gasteiger partial charge in [0.05, 0.1) is 12.6 Å². The molecule has 0 fully saturated rings. The van der Waals surface area contributed by atoms with Gasteiger partial charge in [-0.2, -0.15) is 0 Å². The molecule has 0 aliphatic heterocycles. The van der Waals surface area contributed by atoms with Crippen LogP contribution in [0.1, 0.15) is 38.8 Å². The zero-order valence-electron chi connectivity index (χ0n) is 11.3. The molecule has 4 nitrogen and oxygen atoms in total. The van der Waals surface area contributed by atoms with E-state index < -0.39 is 0 Å². The van der Waals surface area contributed by atoms with Gasteiger partial charge in [-0.15, -0.1) is 0 Å². The fourth-order valence-electron chi connectivity index (χ4n) is 1.75. The number of ether oxygens (including phenoxy) is 1. The lowest BCUT2D eigenvalue weighted by atomic mass is 9.97. The number of pyridine rings is 1. The third kappa shape index (κ3) is 4.84. The van der Waals surface area contributed by atoms with Crippen LogP contribution in [0.3, 0.4) is 0 Å². The number of nitrogens with zero attached hydrogens (tertiary/aromatic N) is 1. The summed E-state index contributed by atoms with van der Waals surface area (Å²) in [5.41, 5.74) is 1.04. The van der Waals surface area contributed by atoms with Crippen molar-refractivity contribution >= 4 is 5.91 Å². The number of carbonyl (C=O) groups is 1. The first-order valence-electron chi connectivity index (χ1n) is 6.42. The molecule has 100 valence electrons. The molecule has 0 spiro atoms. The Morgan fingerprint density at radius 1 is 1.50 bits per heavy atom. The van der Waals surface area contributed by atoms with E-state index in [0.29, 0.717) is 25.6 Å². The second kappa shape index (κ2) is 7.82. The molecule has 0 saturated heterocycles. The van der Waals surface area contributed by atoms with Gasteiger partial charge in [-0.05, 0) is 24.5 Å². The maximum atomic E-state index is 11.8. The summed E-state index contributed by atoms with van der Waals surface area (Å²) in [6.07, 6.45) is 3.93. The van der Waals surface area contributed by atoms with Crippen molar-refractivity contribution in [3.8, 4) is 0 Å². The smallest absolute Gasteiger partial charge is 0.222 e. The van der Waals surface area contributed by atoms with Gasteiger partial charge in [-0.3, -0.25) is 9.78 Å². The predicted molar refractivity (Wildman–Crippen MR) is 71.1 cm³/mol. The van der Waals surface area contributed by atoms with Crippen molar-refractivity contribution in [2.75, 3.05) is 13.2 Å². The maximum absolute atomic E-state index is 11.8. The molecule has 1 aromatic rings. The Balaban J connectivity index is 2.56. The normalized spacial score (nSPS) is 12.4. The van der Waals surface area contributed by atoms with Crippen molar-refractivity contribution in [3.63, 3.8) is 0 Å². The Labute approximate surface area is 109 Å². The van der Waals surface area contributed by atoms with E-state index >= 15 is 0 Å². The highest BCUT2D eigenvalue weighted by atomic mass is 16.5. The summed E-state index contributed by atoms with van der Waals surface area (Å²) in [4.78, 5) is 15.9. The van der Waals surface area contributed by atoms with Crippen LogP contribution in [0.25, 0.3) is 0 Å². The largest absolute Gasteiger partial charge is 0.381 e. The van der Waals surface area contributed by atoms with Gasteiger partial charge in [0.15, 0.2) is 0 Å². The molecule has 0 radical (unpaired) electrons. The number of aromatic nitrogens is 1. The number of hydrogen-bond acceptors (Lipinski definition) is 3. The predicted octanol–water partition coefficient (Wildman–Crippen LogP) is 2.32. The van der Waals surface area contributed by atoms with Crippen molar-refractivity contribution < 1.29 is 9.53 Å². The molecule has 1 amide bonds. The molecule has 0 aromatic carbocycles. The van der Waals surface area contributed by atoms with Crippen LogP contribution in [0.2, 0.25) is 0 Å². The van der Waals surface area contributed by atoms with Gasteiger partial charge < -0.3 is 10.1 Å². The van der Waals surface area contributed by atoms with Gasteiger partial charge in [-0.25, -0.2) is 0 Å². The molecular weight excluding hydrogens is 228 g/mol. The second-order valence-electron chi connectivity index (χ2n) is 4.52. The molecule has 1 N–H and O–H groups in total. The lowest BCUT2D eigenvalue weighted by Crippen LogP contribution is -2.32.